The van der Waals surface area contributed by atoms with Crippen molar-refractivity contribution >= 4 is 15.9 Å². The third kappa shape index (κ3) is 2.47. The molecule has 8 heteroatoms. The van der Waals surface area contributed by atoms with E-state index in [1.54, 1.807) is 0 Å². The fourth-order valence-electron chi connectivity index (χ4n) is 1.88. The van der Waals surface area contributed by atoms with Crippen LogP contribution in [0.4, 0.5) is 0 Å². The number of aromatic amines is 1. The fraction of sp³-hybridized carbons (Fsp3) is 0.556. The molecule has 1 aliphatic rings. The zero-order valence-electron chi connectivity index (χ0n) is 9.38. The molecule has 0 radical (unpaired) electrons. The molecule has 1 amide bonds. The van der Waals surface area contributed by atoms with E-state index >= 15 is 0 Å². The normalized spacial score (nSPS) is 21.6. The van der Waals surface area contributed by atoms with E-state index in [1.807, 2.05) is 0 Å². The summed E-state index contributed by atoms with van der Waals surface area (Å²) in [6.07, 6.45) is 2.03. The van der Waals surface area contributed by atoms with Crippen LogP contribution >= 0.6 is 0 Å². The first kappa shape index (κ1) is 12.1. The van der Waals surface area contributed by atoms with E-state index < -0.39 is 10.0 Å². The molecular weight excluding hydrogens is 244 g/mol. The molecule has 1 fully saturated rings. The van der Waals surface area contributed by atoms with Gasteiger partial charge in [-0.25, -0.2) is 8.42 Å². The van der Waals surface area contributed by atoms with Gasteiger partial charge >= 0.3 is 0 Å². The minimum Gasteiger partial charge on any atom is -0.352 e. The van der Waals surface area contributed by atoms with Crippen LogP contribution in [0.1, 0.15) is 13.3 Å². The third-order valence-corrected chi connectivity index (χ3v) is 4.45. The molecule has 1 aromatic heterocycles. The SMILES string of the molecule is CC(=O)NC1CCN(S(=O)(=O)c2ccn[nH]2)C1. The van der Waals surface area contributed by atoms with Crippen LogP contribution in [0.3, 0.4) is 0 Å². The van der Waals surface area contributed by atoms with Crippen molar-refractivity contribution in [2.24, 2.45) is 0 Å². The summed E-state index contributed by atoms with van der Waals surface area (Å²) in [4.78, 5) is 10.9. The van der Waals surface area contributed by atoms with E-state index in [0.717, 1.165) is 0 Å². The molecule has 2 heterocycles. The van der Waals surface area contributed by atoms with E-state index in [-0.39, 0.29) is 17.0 Å². The molecule has 7 nitrogen and oxygen atoms in total. The molecule has 0 saturated carbocycles. The van der Waals surface area contributed by atoms with Gasteiger partial charge in [0.25, 0.3) is 10.0 Å². The summed E-state index contributed by atoms with van der Waals surface area (Å²) in [5, 5.41) is 8.87. The maximum absolute atomic E-state index is 12.1. The van der Waals surface area contributed by atoms with Crippen molar-refractivity contribution in [1.29, 1.82) is 0 Å². The number of nitrogens with zero attached hydrogens (tertiary/aromatic N) is 2. The lowest BCUT2D eigenvalue weighted by atomic mass is 10.3. The maximum atomic E-state index is 12.1. The van der Waals surface area contributed by atoms with Gasteiger partial charge in [0.05, 0.1) is 6.20 Å². The van der Waals surface area contributed by atoms with E-state index in [4.69, 9.17) is 0 Å². The highest BCUT2D eigenvalue weighted by atomic mass is 32.2. The molecule has 1 atom stereocenters. The number of amides is 1. The Bertz CT molecular complexity index is 496. The summed E-state index contributed by atoms with van der Waals surface area (Å²) >= 11 is 0. The molecule has 0 aromatic carbocycles. The zero-order chi connectivity index (χ0) is 12.5. The first-order valence-electron chi connectivity index (χ1n) is 5.27. The standard InChI is InChI=1S/C9H14N4O3S/c1-7(14)11-8-3-5-13(6-8)17(15,16)9-2-4-10-12-9/h2,4,8H,3,5-6H2,1H3,(H,10,12)(H,11,14). The van der Waals surface area contributed by atoms with E-state index in [0.29, 0.717) is 19.5 Å². The number of H-pyrrole nitrogens is 1. The van der Waals surface area contributed by atoms with Crippen LogP contribution in [-0.2, 0) is 14.8 Å². The number of carbonyl (C=O) groups is 1. The Morgan fingerprint density at radius 1 is 1.65 bits per heavy atom. The van der Waals surface area contributed by atoms with Crippen molar-refractivity contribution in [3.8, 4) is 0 Å². The summed E-state index contributed by atoms with van der Waals surface area (Å²) < 4.78 is 25.5. The molecule has 17 heavy (non-hydrogen) atoms. The highest BCUT2D eigenvalue weighted by molar-refractivity contribution is 7.89. The highest BCUT2D eigenvalue weighted by Crippen LogP contribution is 2.19. The van der Waals surface area contributed by atoms with Gasteiger partial charge in [-0.15, -0.1) is 0 Å². The van der Waals surface area contributed by atoms with Gasteiger partial charge in [-0.1, -0.05) is 0 Å². The van der Waals surface area contributed by atoms with Gasteiger partial charge < -0.3 is 5.32 Å². The average molecular weight is 258 g/mol. The lowest BCUT2D eigenvalue weighted by Crippen LogP contribution is -2.37. The Morgan fingerprint density at radius 2 is 2.41 bits per heavy atom. The summed E-state index contributed by atoms with van der Waals surface area (Å²) in [6.45, 7) is 2.14. The maximum Gasteiger partial charge on any atom is 0.260 e. The van der Waals surface area contributed by atoms with Gasteiger partial charge in [0.1, 0.15) is 0 Å². The number of rotatable bonds is 3. The van der Waals surface area contributed by atoms with Crippen LogP contribution in [0.15, 0.2) is 17.3 Å². The summed E-state index contributed by atoms with van der Waals surface area (Å²) in [5.74, 6) is -0.143. The molecule has 0 spiro atoms. The zero-order valence-corrected chi connectivity index (χ0v) is 10.2. The largest absolute Gasteiger partial charge is 0.352 e. The Labute approximate surface area is 99.2 Å². The fourth-order valence-corrected chi connectivity index (χ4v) is 3.28. The van der Waals surface area contributed by atoms with Gasteiger partial charge in [0.2, 0.25) is 5.91 Å². The van der Waals surface area contributed by atoms with Gasteiger partial charge in [-0.05, 0) is 12.5 Å². The minimum atomic E-state index is -3.50. The van der Waals surface area contributed by atoms with Crippen molar-refractivity contribution in [2.75, 3.05) is 13.1 Å². The highest BCUT2D eigenvalue weighted by Gasteiger charge is 2.33. The first-order chi connectivity index (χ1) is 8.00. The predicted octanol–water partition coefficient (Wildman–Crippen LogP) is -0.691. The lowest BCUT2D eigenvalue weighted by Gasteiger charge is -2.15. The van der Waals surface area contributed by atoms with Crippen molar-refractivity contribution in [3.05, 3.63) is 12.3 Å². The number of sulfonamides is 1. The first-order valence-corrected chi connectivity index (χ1v) is 6.71. The third-order valence-electron chi connectivity index (χ3n) is 2.65. The molecule has 1 aromatic rings. The number of aromatic nitrogens is 2. The van der Waals surface area contributed by atoms with Crippen molar-refractivity contribution in [3.63, 3.8) is 0 Å². The van der Waals surface area contributed by atoms with Gasteiger partial charge in [-0.2, -0.15) is 9.40 Å². The van der Waals surface area contributed by atoms with Crippen LogP contribution in [0.25, 0.3) is 0 Å². The van der Waals surface area contributed by atoms with E-state index in [2.05, 4.69) is 15.5 Å². The lowest BCUT2D eigenvalue weighted by molar-refractivity contribution is -0.119. The second-order valence-corrected chi connectivity index (χ2v) is 5.88. The quantitative estimate of drug-likeness (QED) is 0.750. The molecule has 94 valence electrons. The molecule has 0 aliphatic carbocycles. The Balaban J connectivity index is 2.08. The number of hydrogen-bond acceptors (Lipinski definition) is 4. The molecule has 0 bridgehead atoms. The molecular formula is C9H14N4O3S. The van der Waals surface area contributed by atoms with Crippen LogP contribution < -0.4 is 5.32 Å². The smallest absolute Gasteiger partial charge is 0.260 e. The van der Waals surface area contributed by atoms with Crippen LogP contribution in [-0.4, -0.2) is 48.0 Å². The molecule has 2 rings (SSSR count). The van der Waals surface area contributed by atoms with Crippen LogP contribution in [0.2, 0.25) is 0 Å². The van der Waals surface area contributed by atoms with E-state index in [9.17, 15) is 13.2 Å². The monoisotopic (exact) mass is 258 g/mol. The number of hydrogen-bond donors (Lipinski definition) is 2. The Morgan fingerprint density at radius 3 is 3.00 bits per heavy atom. The Kier molecular flexibility index (Phi) is 3.16. The minimum absolute atomic E-state index is 0.0842. The number of carbonyl (C=O) groups excluding carboxylic acids is 1. The van der Waals surface area contributed by atoms with Crippen molar-refractivity contribution in [2.45, 2.75) is 24.4 Å². The second kappa shape index (κ2) is 4.46. The number of nitrogens with one attached hydrogen (secondary N) is 2. The molecule has 1 unspecified atom stereocenters. The molecule has 1 aliphatic heterocycles. The van der Waals surface area contributed by atoms with E-state index in [1.165, 1.54) is 23.5 Å². The topological polar surface area (TPSA) is 95.2 Å². The van der Waals surface area contributed by atoms with Gasteiger partial charge in [0.15, 0.2) is 5.03 Å². The van der Waals surface area contributed by atoms with Crippen LogP contribution in [0.5, 0.6) is 0 Å². The van der Waals surface area contributed by atoms with Gasteiger partial charge in [0, 0.05) is 26.1 Å². The summed E-state index contributed by atoms with van der Waals surface area (Å²) in [6, 6.07) is 1.31. The molecule has 1 saturated heterocycles. The van der Waals surface area contributed by atoms with Gasteiger partial charge in [-0.3, -0.25) is 9.89 Å². The second-order valence-electron chi connectivity index (χ2n) is 3.97. The summed E-state index contributed by atoms with van der Waals surface area (Å²) in [5.41, 5.74) is 0. The predicted molar refractivity (Wildman–Crippen MR) is 59.6 cm³/mol. The summed E-state index contributed by atoms with van der Waals surface area (Å²) in [7, 11) is -3.50. The van der Waals surface area contributed by atoms with Crippen molar-refractivity contribution in [1.82, 2.24) is 19.8 Å². The molecule has 2 N–H and O–H groups in total. The van der Waals surface area contributed by atoms with Crippen molar-refractivity contribution < 1.29 is 13.2 Å². The van der Waals surface area contributed by atoms with Crippen LogP contribution in [0, 0.1) is 0 Å². The Hall–Kier alpha value is -1.41. The average Bonchev–Trinajstić information content (AvgIpc) is 2.85.